The van der Waals surface area contributed by atoms with Crippen LogP contribution in [0.5, 0.6) is 5.75 Å². The summed E-state index contributed by atoms with van der Waals surface area (Å²) in [5, 5.41) is 14.2. The molecule has 6 nitrogen and oxygen atoms in total. The van der Waals surface area contributed by atoms with Crippen LogP contribution in [0.15, 0.2) is 12.1 Å². The molecule has 0 saturated heterocycles. The molecule has 1 aromatic carbocycles. The Morgan fingerprint density at radius 1 is 1.53 bits per heavy atom. The number of benzene rings is 1. The van der Waals surface area contributed by atoms with Crippen LogP contribution in [0.2, 0.25) is 0 Å². The highest BCUT2D eigenvalue weighted by molar-refractivity contribution is 5.54. The molecule has 1 aliphatic rings. The second kappa shape index (κ2) is 4.68. The van der Waals surface area contributed by atoms with Gasteiger partial charge in [-0.25, -0.2) is 0 Å². The van der Waals surface area contributed by atoms with Gasteiger partial charge < -0.3 is 14.8 Å². The highest BCUT2D eigenvalue weighted by Gasteiger charge is 2.27. The van der Waals surface area contributed by atoms with Gasteiger partial charge in [0.1, 0.15) is 0 Å². The summed E-state index contributed by atoms with van der Waals surface area (Å²) in [5.74, 6) is 0.300. The Hall–Kier alpha value is -1.66. The average molecular weight is 238 g/mol. The summed E-state index contributed by atoms with van der Waals surface area (Å²) in [7, 11) is 3.04. The Balaban J connectivity index is 2.44. The minimum atomic E-state index is -0.429. The van der Waals surface area contributed by atoms with E-state index in [-0.39, 0.29) is 11.7 Å². The standard InChI is InChI=1S/C11H14N2O4/c1-16-6-9-8-4-10(13(14)15)11(17-2)3-7(8)5-12-9/h3-4,9,12H,5-6H2,1-2H3. The molecule has 0 saturated carbocycles. The van der Waals surface area contributed by atoms with E-state index in [2.05, 4.69) is 5.32 Å². The summed E-state index contributed by atoms with van der Waals surface area (Å²) in [6, 6.07) is 3.30. The molecule has 0 aliphatic carbocycles. The molecule has 1 unspecified atom stereocenters. The Bertz CT molecular complexity index is 447. The normalized spacial score (nSPS) is 17.9. The first-order valence-electron chi connectivity index (χ1n) is 5.25. The predicted octanol–water partition coefficient (Wildman–Crippen LogP) is 1.39. The van der Waals surface area contributed by atoms with Gasteiger partial charge in [-0.3, -0.25) is 10.1 Å². The topological polar surface area (TPSA) is 73.6 Å². The number of hydrogen-bond acceptors (Lipinski definition) is 5. The highest BCUT2D eigenvalue weighted by atomic mass is 16.6. The molecular formula is C11H14N2O4. The number of fused-ring (bicyclic) bond motifs is 1. The molecule has 0 fully saturated rings. The monoisotopic (exact) mass is 238 g/mol. The van der Waals surface area contributed by atoms with Crippen LogP contribution in [0.25, 0.3) is 0 Å². The quantitative estimate of drug-likeness (QED) is 0.634. The summed E-state index contributed by atoms with van der Waals surface area (Å²) < 4.78 is 10.1. The Morgan fingerprint density at radius 3 is 2.88 bits per heavy atom. The van der Waals surface area contributed by atoms with E-state index in [1.54, 1.807) is 19.2 Å². The first kappa shape index (κ1) is 11.8. The van der Waals surface area contributed by atoms with Crippen LogP contribution in [0.4, 0.5) is 5.69 Å². The van der Waals surface area contributed by atoms with E-state index in [0.717, 1.165) is 11.1 Å². The van der Waals surface area contributed by atoms with Gasteiger partial charge in [-0.05, 0) is 17.2 Å². The van der Waals surface area contributed by atoms with Crippen LogP contribution >= 0.6 is 0 Å². The van der Waals surface area contributed by atoms with Gasteiger partial charge >= 0.3 is 5.69 Å². The molecule has 2 rings (SSSR count). The molecule has 0 spiro atoms. The third kappa shape index (κ3) is 2.09. The Kier molecular flexibility index (Phi) is 3.26. The van der Waals surface area contributed by atoms with Crippen molar-refractivity contribution in [2.75, 3.05) is 20.8 Å². The van der Waals surface area contributed by atoms with E-state index < -0.39 is 4.92 Å². The number of methoxy groups -OCH3 is 2. The molecule has 1 N–H and O–H groups in total. The van der Waals surface area contributed by atoms with Crippen molar-refractivity contribution in [3.8, 4) is 5.75 Å². The van der Waals surface area contributed by atoms with E-state index in [9.17, 15) is 10.1 Å². The molecule has 1 aromatic rings. The van der Waals surface area contributed by atoms with Crippen molar-refractivity contribution < 1.29 is 14.4 Å². The number of nitro groups is 1. The van der Waals surface area contributed by atoms with E-state index in [1.165, 1.54) is 7.11 Å². The molecule has 1 aliphatic heterocycles. The molecular weight excluding hydrogens is 224 g/mol. The lowest BCUT2D eigenvalue weighted by Gasteiger charge is -2.11. The maximum absolute atomic E-state index is 10.9. The molecule has 1 atom stereocenters. The fourth-order valence-electron chi connectivity index (χ4n) is 2.07. The molecule has 6 heteroatoms. The number of nitrogens with one attached hydrogen (secondary N) is 1. The van der Waals surface area contributed by atoms with Gasteiger partial charge in [0.2, 0.25) is 0 Å². The smallest absolute Gasteiger partial charge is 0.311 e. The molecule has 0 radical (unpaired) electrons. The van der Waals surface area contributed by atoms with Gasteiger partial charge in [0.15, 0.2) is 5.75 Å². The van der Waals surface area contributed by atoms with E-state index in [4.69, 9.17) is 9.47 Å². The third-order valence-corrected chi connectivity index (χ3v) is 2.89. The zero-order chi connectivity index (χ0) is 12.4. The summed E-state index contributed by atoms with van der Waals surface area (Å²) in [6.07, 6.45) is 0. The molecule has 17 heavy (non-hydrogen) atoms. The van der Waals surface area contributed by atoms with Crippen molar-refractivity contribution >= 4 is 5.69 Å². The first-order chi connectivity index (χ1) is 8.17. The number of nitro benzene ring substituents is 1. The van der Waals surface area contributed by atoms with Crippen LogP contribution < -0.4 is 10.1 Å². The fourth-order valence-corrected chi connectivity index (χ4v) is 2.07. The van der Waals surface area contributed by atoms with Crippen molar-refractivity contribution in [1.29, 1.82) is 0 Å². The second-order valence-electron chi connectivity index (χ2n) is 3.87. The van der Waals surface area contributed by atoms with Gasteiger partial charge in [0, 0.05) is 19.7 Å². The predicted molar refractivity (Wildman–Crippen MR) is 61.1 cm³/mol. The lowest BCUT2D eigenvalue weighted by Crippen LogP contribution is -2.16. The van der Waals surface area contributed by atoms with Crippen molar-refractivity contribution in [3.05, 3.63) is 33.4 Å². The Morgan fingerprint density at radius 2 is 2.29 bits per heavy atom. The highest BCUT2D eigenvalue weighted by Crippen LogP contribution is 2.36. The van der Waals surface area contributed by atoms with Gasteiger partial charge in [0.25, 0.3) is 0 Å². The fraction of sp³-hybridized carbons (Fsp3) is 0.455. The van der Waals surface area contributed by atoms with Crippen LogP contribution in [0, 0.1) is 10.1 Å². The number of nitrogens with zero attached hydrogens (tertiary/aromatic N) is 1. The largest absolute Gasteiger partial charge is 0.490 e. The van der Waals surface area contributed by atoms with E-state index in [1.807, 2.05) is 0 Å². The van der Waals surface area contributed by atoms with Crippen LogP contribution in [-0.2, 0) is 11.3 Å². The molecule has 0 amide bonds. The van der Waals surface area contributed by atoms with Gasteiger partial charge in [-0.15, -0.1) is 0 Å². The lowest BCUT2D eigenvalue weighted by atomic mass is 10.0. The average Bonchev–Trinajstić information content (AvgIpc) is 2.70. The zero-order valence-electron chi connectivity index (χ0n) is 9.73. The first-order valence-corrected chi connectivity index (χ1v) is 5.25. The summed E-state index contributed by atoms with van der Waals surface area (Å²) in [4.78, 5) is 10.5. The third-order valence-electron chi connectivity index (χ3n) is 2.89. The molecule has 0 aromatic heterocycles. The summed E-state index contributed by atoms with van der Waals surface area (Å²) >= 11 is 0. The summed E-state index contributed by atoms with van der Waals surface area (Å²) in [6.45, 7) is 1.17. The van der Waals surface area contributed by atoms with Crippen molar-refractivity contribution in [1.82, 2.24) is 5.32 Å². The molecule has 92 valence electrons. The SMILES string of the molecule is COCC1NCc2cc(OC)c([N+](=O)[O-])cc21. The zero-order valence-corrected chi connectivity index (χ0v) is 9.73. The molecule has 1 heterocycles. The number of hydrogen-bond donors (Lipinski definition) is 1. The minimum Gasteiger partial charge on any atom is -0.490 e. The lowest BCUT2D eigenvalue weighted by molar-refractivity contribution is -0.385. The van der Waals surface area contributed by atoms with E-state index in [0.29, 0.717) is 18.9 Å². The van der Waals surface area contributed by atoms with Crippen molar-refractivity contribution in [2.24, 2.45) is 0 Å². The van der Waals surface area contributed by atoms with Gasteiger partial charge in [-0.2, -0.15) is 0 Å². The van der Waals surface area contributed by atoms with Crippen LogP contribution in [0.3, 0.4) is 0 Å². The van der Waals surface area contributed by atoms with E-state index >= 15 is 0 Å². The Labute approximate surface area is 98.7 Å². The maximum Gasteiger partial charge on any atom is 0.311 e. The van der Waals surface area contributed by atoms with Gasteiger partial charge in [0.05, 0.1) is 24.7 Å². The van der Waals surface area contributed by atoms with Gasteiger partial charge in [-0.1, -0.05) is 0 Å². The maximum atomic E-state index is 10.9. The number of rotatable bonds is 4. The summed E-state index contributed by atoms with van der Waals surface area (Å²) in [5.41, 5.74) is 1.94. The molecule has 0 bridgehead atoms. The van der Waals surface area contributed by atoms with Crippen LogP contribution in [-0.4, -0.2) is 25.7 Å². The van der Waals surface area contributed by atoms with Crippen molar-refractivity contribution in [2.45, 2.75) is 12.6 Å². The van der Waals surface area contributed by atoms with Crippen molar-refractivity contribution in [3.63, 3.8) is 0 Å². The van der Waals surface area contributed by atoms with Crippen LogP contribution in [0.1, 0.15) is 17.2 Å². The second-order valence-corrected chi connectivity index (χ2v) is 3.87. The minimum absolute atomic E-state index is 0.00365. The number of ether oxygens (including phenoxy) is 2.